The predicted molar refractivity (Wildman–Crippen MR) is 73.5 cm³/mol. The van der Waals surface area contributed by atoms with Gasteiger partial charge in [-0.1, -0.05) is 13.8 Å². The van der Waals surface area contributed by atoms with Crippen molar-refractivity contribution in [3.05, 3.63) is 0 Å². The Bertz CT molecular complexity index is 277. The van der Waals surface area contributed by atoms with Gasteiger partial charge in [0, 0.05) is 37.1 Å². The molecular formula is C14H28N2O2. The normalized spacial score (nSPS) is 25.9. The van der Waals surface area contributed by atoms with Crippen LogP contribution in [0, 0.1) is 5.41 Å². The van der Waals surface area contributed by atoms with Crippen LogP contribution in [0.25, 0.3) is 0 Å². The molecule has 1 amide bonds. The van der Waals surface area contributed by atoms with Gasteiger partial charge in [-0.05, 0) is 27.2 Å². The highest BCUT2D eigenvalue weighted by Gasteiger charge is 2.48. The van der Waals surface area contributed by atoms with E-state index in [1.54, 1.807) is 0 Å². The fourth-order valence-electron chi connectivity index (χ4n) is 2.47. The Morgan fingerprint density at radius 3 is 2.61 bits per heavy atom. The zero-order valence-corrected chi connectivity index (χ0v) is 12.4. The van der Waals surface area contributed by atoms with Crippen molar-refractivity contribution in [1.82, 2.24) is 10.6 Å². The van der Waals surface area contributed by atoms with Gasteiger partial charge in [-0.2, -0.15) is 0 Å². The Morgan fingerprint density at radius 1 is 1.44 bits per heavy atom. The summed E-state index contributed by atoms with van der Waals surface area (Å²) in [5, 5.41) is 6.36. The number of hydrogen-bond donors (Lipinski definition) is 2. The average Bonchev–Trinajstić information content (AvgIpc) is 2.26. The summed E-state index contributed by atoms with van der Waals surface area (Å²) in [6.07, 6.45) is 1.95. The number of ether oxygens (including phenoxy) is 1. The molecule has 0 aromatic heterocycles. The van der Waals surface area contributed by atoms with Gasteiger partial charge in [0.15, 0.2) is 0 Å². The monoisotopic (exact) mass is 256 g/mol. The zero-order chi connectivity index (χ0) is 13.8. The Kier molecular flexibility index (Phi) is 5.60. The van der Waals surface area contributed by atoms with Gasteiger partial charge in [-0.3, -0.25) is 4.79 Å². The quantitative estimate of drug-likeness (QED) is 0.729. The van der Waals surface area contributed by atoms with Crippen molar-refractivity contribution in [2.45, 2.75) is 65.6 Å². The molecule has 4 heteroatoms. The van der Waals surface area contributed by atoms with Crippen LogP contribution in [-0.4, -0.2) is 37.2 Å². The van der Waals surface area contributed by atoms with Crippen LogP contribution in [0.15, 0.2) is 0 Å². The van der Waals surface area contributed by atoms with Crippen LogP contribution in [0.3, 0.4) is 0 Å². The molecule has 1 saturated carbocycles. The van der Waals surface area contributed by atoms with E-state index in [4.69, 9.17) is 4.74 Å². The van der Waals surface area contributed by atoms with Gasteiger partial charge in [-0.25, -0.2) is 0 Å². The second kappa shape index (κ2) is 6.53. The van der Waals surface area contributed by atoms with E-state index in [9.17, 15) is 4.79 Å². The topological polar surface area (TPSA) is 50.4 Å². The van der Waals surface area contributed by atoms with E-state index in [0.29, 0.717) is 18.6 Å². The fourth-order valence-corrected chi connectivity index (χ4v) is 2.47. The summed E-state index contributed by atoms with van der Waals surface area (Å²) in [5.41, 5.74) is 0.171. The molecule has 1 aliphatic rings. The molecule has 2 unspecified atom stereocenters. The van der Waals surface area contributed by atoms with E-state index in [1.165, 1.54) is 0 Å². The first-order valence-corrected chi connectivity index (χ1v) is 7.02. The Balaban J connectivity index is 2.20. The molecule has 4 nitrogen and oxygen atoms in total. The molecule has 1 aliphatic carbocycles. The molecule has 18 heavy (non-hydrogen) atoms. The van der Waals surface area contributed by atoms with Crippen molar-refractivity contribution in [1.29, 1.82) is 0 Å². The number of carbonyl (C=O) groups is 1. The van der Waals surface area contributed by atoms with Crippen LogP contribution < -0.4 is 10.6 Å². The number of nitrogens with one attached hydrogen (secondary N) is 2. The highest BCUT2D eigenvalue weighted by atomic mass is 16.5. The van der Waals surface area contributed by atoms with Gasteiger partial charge in [0.1, 0.15) is 0 Å². The lowest BCUT2D eigenvalue weighted by Gasteiger charge is -2.52. The van der Waals surface area contributed by atoms with Gasteiger partial charge in [0.25, 0.3) is 0 Å². The maximum atomic E-state index is 11.5. The SMILES string of the molecule is CCOC1CC(NCCC(=O)NC(C)C)C1(C)C. The van der Waals surface area contributed by atoms with Gasteiger partial charge >= 0.3 is 0 Å². The third-order valence-corrected chi connectivity index (χ3v) is 3.74. The Morgan fingerprint density at radius 2 is 2.11 bits per heavy atom. The van der Waals surface area contributed by atoms with Crippen LogP contribution in [-0.2, 0) is 9.53 Å². The maximum absolute atomic E-state index is 11.5. The summed E-state index contributed by atoms with van der Waals surface area (Å²) >= 11 is 0. The van der Waals surface area contributed by atoms with Crippen molar-refractivity contribution < 1.29 is 9.53 Å². The molecule has 2 N–H and O–H groups in total. The third-order valence-electron chi connectivity index (χ3n) is 3.74. The molecule has 0 radical (unpaired) electrons. The number of carbonyl (C=O) groups excluding carboxylic acids is 1. The van der Waals surface area contributed by atoms with Gasteiger partial charge in [0.05, 0.1) is 6.10 Å². The number of rotatable bonds is 7. The molecule has 2 atom stereocenters. The van der Waals surface area contributed by atoms with Crippen molar-refractivity contribution in [3.63, 3.8) is 0 Å². The predicted octanol–water partition coefficient (Wildman–Crippen LogP) is 1.69. The largest absolute Gasteiger partial charge is 0.378 e. The molecule has 0 saturated heterocycles. The first-order chi connectivity index (χ1) is 8.37. The van der Waals surface area contributed by atoms with E-state index in [0.717, 1.165) is 19.6 Å². The first kappa shape index (κ1) is 15.4. The lowest BCUT2D eigenvalue weighted by atomic mass is 9.64. The molecule has 0 bridgehead atoms. The highest BCUT2D eigenvalue weighted by molar-refractivity contribution is 5.76. The van der Waals surface area contributed by atoms with Gasteiger partial charge in [-0.15, -0.1) is 0 Å². The fraction of sp³-hybridized carbons (Fsp3) is 0.929. The van der Waals surface area contributed by atoms with E-state index >= 15 is 0 Å². The van der Waals surface area contributed by atoms with Crippen molar-refractivity contribution in [2.75, 3.05) is 13.2 Å². The lowest BCUT2D eigenvalue weighted by molar-refractivity contribution is -0.123. The lowest BCUT2D eigenvalue weighted by Crippen LogP contribution is -2.61. The highest BCUT2D eigenvalue weighted by Crippen LogP contribution is 2.42. The minimum atomic E-state index is 0.121. The second-order valence-corrected chi connectivity index (χ2v) is 5.98. The molecule has 0 heterocycles. The van der Waals surface area contributed by atoms with Crippen LogP contribution >= 0.6 is 0 Å². The summed E-state index contributed by atoms with van der Waals surface area (Å²) < 4.78 is 5.68. The molecule has 0 spiro atoms. The zero-order valence-electron chi connectivity index (χ0n) is 12.4. The van der Waals surface area contributed by atoms with Gasteiger partial charge < -0.3 is 15.4 Å². The minimum absolute atomic E-state index is 0.121. The number of hydrogen-bond acceptors (Lipinski definition) is 3. The van der Waals surface area contributed by atoms with E-state index in [2.05, 4.69) is 24.5 Å². The summed E-state index contributed by atoms with van der Waals surface area (Å²) in [4.78, 5) is 11.5. The van der Waals surface area contributed by atoms with Crippen molar-refractivity contribution >= 4 is 5.91 Å². The molecular weight excluding hydrogens is 228 g/mol. The van der Waals surface area contributed by atoms with Crippen LogP contribution in [0.2, 0.25) is 0 Å². The standard InChI is InChI=1S/C14H28N2O2/c1-6-18-12-9-11(14(12,4)5)15-8-7-13(17)16-10(2)3/h10-12,15H,6-9H2,1-5H3,(H,16,17). The molecule has 0 aromatic carbocycles. The summed E-state index contributed by atoms with van der Waals surface area (Å²) in [6.45, 7) is 12.0. The Labute approximate surface area is 111 Å². The van der Waals surface area contributed by atoms with Crippen LogP contribution in [0.5, 0.6) is 0 Å². The van der Waals surface area contributed by atoms with Crippen molar-refractivity contribution in [3.8, 4) is 0 Å². The van der Waals surface area contributed by atoms with E-state index < -0.39 is 0 Å². The first-order valence-electron chi connectivity index (χ1n) is 7.02. The summed E-state index contributed by atoms with van der Waals surface area (Å²) in [6, 6.07) is 0.681. The Hall–Kier alpha value is -0.610. The maximum Gasteiger partial charge on any atom is 0.221 e. The average molecular weight is 256 g/mol. The number of amides is 1. The van der Waals surface area contributed by atoms with Crippen LogP contribution in [0.1, 0.15) is 47.5 Å². The molecule has 0 aliphatic heterocycles. The molecule has 0 aromatic rings. The second-order valence-electron chi connectivity index (χ2n) is 5.98. The minimum Gasteiger partial charge on any atom is -0.378 e. The smallest absolute Gasteiger partial charge is 0.221 e. The van der Waals surface area contributed by atoms with Gasteiger partial charge in [0.2, 0.25) is 5.91 Å². The third kappa shape index (κ3) is 3.95. The van der Waals surface area contributed by atoms with Crippen LogP contribution in [0.4, 0.5) is 0 Å². The molecule has 1 rings (SSSR count). The van der Waals surface area contributed by atoms with E-state index in [-0.39, 0.29) is 17.4 Å². The molecule has 106 valence electrons. The molecule has 1 fully saturated rings. The van der Waals surface area contributed by atoms with Crippen molar-refractivity contribution in [2.24, 2.45) is 5.41 Å². The summed E-state index contributed by atoms with van der Waals surface area (Å²) in [7, 11) is 0. The summed E-state index contributed by atoms with van der Waals surface area (Å²) in [5.74, 6) is 0.121. The van der Waals surface area contributed by atoms with E-state index in [1.807, 2.05) is 20.8 Å².